The Balaban J connectivity index is 2.48. The number of halogens is 3. The molecule has 1 heterocycles. The fraction of sp³-hybridized carbons (Fsp3) is 0.0909. The minimum atomic E-state index is -0.703. The second kappa shape index (κ2) is 5.00. The number of rotatable bonds is 2. The molecule has 0 saturated heterocycles. The van der Waals surface area contributed by atoms with Crippen LogP contribution in [0.3, 0.4) is 0 Å². The molecule has 16 heavy (non-hydrogen) atoms. The Kier molecular flexibility index (Phi) is 3.64. The van der Waals surface area contributed by atoms with Crippen LogP contribution in [-0.4, -0.2) is 10.2 Å². The highest BCUT2D eigenvalue weighted by Gasteiger charge is 2.12. The Labute approximate surface area is 108 Å². The predicted octanol–water partition coefficient (Wildman–Crippen LogP) is 4.27. The molecule has 0 aliphatic heterocycles. The number of nitrogens with zero attached hydrogens (tertiary/aromatic N) is 2. The average molecular weight is 274 g/mol. The average Bonchev–Trinajstić information content (AvgIpc) is 2.30. The van der Waals surface area contributed by atoms with Crippen molar-refractivity contribution in [2.75, 3.05) is 0 Å². The van der Waals surface area contributed by atoms with Crippen LogP contribution in [0.2, 0.25) is 5.15 Å². The van der Waals surface area contributed by atoms with E-state index in [9.17, 15) is 0 Å². The van der Waals surface area contributed by atoms with Gasteiger partial charge in [-0.15, -0.1) is 10.2 Å². The lowest BCUT2D eigenvalue weighted by atomic mass is 10.1. The predicted molar refractivity (Wildman–Crippen MR) is 66.9 cm³/mol. The van der Waals surface area contributed by atoms with Crippen LogP contribution in [0.15, 0.2) is 36.4 Å². The first-order valence-electron chi connectivity index (χ1n) is 4.55. The van der Waals surface area contributed by atoms with Crippen molar-refractivity contribution in [3.63, 3.8) is 0 Å². The highest BCUT2D eigenvalue weighted by molar-refractivity contribution is 6.45. The zero-order valence-corrected chi connectivity index (χ0v) is 10.3. The smallest absolute Gasteiger partial charge is 0.149 e. The molecule has 0 unspecified atom stereocenters. The van der Waals surface area contributed by atoms with E-state index < -0.39 is 4.84 Å². The van der Waals surface area contributed by atoms with Crippen LogP contribution in [0.5, 0.6) is 0 Å². The molecule has 2 rings (SSSR count). The summed E-state index contributed by atoms with van der Waals surface area (Å²) in [4.78, 5) is -0.703. The zero-order valence-electron chi connectivity index (χ0n) is 8.07. The lowest BCUT2D eigenvalue weighted by Gasteiger charge is -2.06. The molecule has 0 spiro atoms. The molecule has 0 aliphatic carbocycles. The Bertz CT molecular complexity index is 486. The third-order valence-corrected chi connectivity index (χ3v) is 2.84. The van der Waals surface area contributed by atoms with Crippen LogP contribution < -0.4 is 0 Å². The molecule has 0 amide bonds. The molecule has 0 fully saturated rings. The van der Waals surface area contributed by atoms with Gasteiger partial charge in [0, 0.05) is 11.1 Å². The molecule has 2 nitrogen and oxygen atoms in total. The SMILES string of the molecule is Clc1nnc(-c2ccccc2)cc1C(Cl)Cl. The van der Waals surface area contributed by atoms with Gasteiger partial charge in [-0.3, -0.25) is 0 Å². The van der Waals surface area contributed by atoms with E-state index in [1.54, 1.807) is 6.07 Å². The summed E-state index contributed by atoms with van der Waals surface area (Å²) in [5.74, 6) is 0. The maximum atomic E-state index is 5.84. The van der Waals surface area contributed by atoms with Gasteiger partial charge in [0.25, 0.3) is 0 Å². The van der Waals surface area contributed by atoms with Crippen molar-refractivity contribution in [3.05, 3.63) is 47.1 Å². The quantitative estimate of drug-likeness (QED) is 0.764. The van der Waals surface area contributed by atoms with Crippen molar-refractivity contribution in [2.24, 2.45) is 0 Å². The van der Waals surface area contributed by atoms with E-state index in [1.807, 2.05) is 30.3 Å². The first kappa shape index (κ1) is 11.6. The lowest BCUT2D eigenvalue weighted by Crippen LogP contribution is -1.94. The number of benzene rings is 1. The summed E-state index contributed by atoms with van der Waals surface area (Å²) in [6.07, 6.45) is 0. The van der Waals surface area contributed by atoms with E-state index in [2.05, 4.69) is 10.2 Å². The molecule has 1 aromatic carbocycles. The van der Waals surface area contributed by atoms with E-state index >= 15 is 0 Å². The molecule has 0 saturated carbocycles. The van der Waals surface area contributed by atoms with E-state index in [1.165, 1.54) is 0 Å². The fourth-order valence-corrected chi connectivity index (χ4v) is 1.94. The zero-order chi connectivity index (χ0) is 11.5. The minimum Gasteiger partial charge on any atom is -0.149 e. The van der Waals surface area contributed by atoms with Crippen molar-refractivity contribution in [3.8, 4) is 11.3 Å². The van der Waals surface area contributed by atoms with Crippen molar-refractivity contribution in [1.82, 2.24) is 10.2 Å². The maximum absolute atomic E-state index is 5.84. The molecule has 82 valence electrons. The van der Waals surface area contributed by atoms with Gasteiger partial charge in [0.1, 0.15) is 4.84 Å². The van der Waals surface area contributed by atoms with Crippen LogP contribution >= 0.6 is 34.8 Å². The van der Waals surface area contributed by atoms with Gasteiger partial charge in [-0.1, -0.05) is 65.1 Å². The molecule has 1 aromatic heterocycles. The Morgan fingerprint density at radius 2 is 1.69 bits per heavy atom. The monoisotopic (exact) mass is 272 g/mol. The highest BCUT2D eigenvalue weighted by Crippen LogP contribution is 2.31. The van der Waals surface area contributed by atoms with Crippen LogP contribution in [0.25, 0.3) is 11.3 Å². The van der Waals surface area contributed by atoms with Crippen LogP contribution in [0, 0.1) is 0 Å². The molecule has 0 N–H and O–H groups in total. The lowest BCUT2D eigenvalue weighted by molar-refractivity contribution is 1.01. The second-order valence-corrected chi connectivity index (χ2v) is 4.60. The van der Waals surface area contributed by atoms with Crippen molar-refractivity contribution in [1.29, 1.82) is 0 Å². The van der Waals surface area contributed by atoms with Gasteiger partial charge >= 0.3 is 0 Å². The van der Waals surface area contributed by atoms with Crippen LogP contribution in [0.4, 0.5) is 0 Å². The normalized spacial score (nSPS) is 10.8. The first-order valence-corrected chi connectivity index (χ1v) is 5.80. The standard InChI is InChI=1S/C11H7Cl3N2/c12-10(13)8-6-9(15-16-11(8)14)7-4-2-1-3-5-7/h1-6,10H. The van der Waals surface area contributed by atoms with Crippen LogP contribution in [0.1, 0.15) is 10.4 Å². The highest BCUT2D eigenvalue weighted by atomic mass is 35.5. The largest absolute Gasteiger partial charge is 0.157 e. The number of hydrogen-bond acceptors (Lipinski definition) is 2. The van der Waals surface area contributed by atoms with Gasteiger partial charge in [-0.05, 0) is 6.07 Å². The first-order chi connectivity index (χ1) is 7.68. The molecule has 5 heteroatoms. The fourth-order valence-electron chi connectivity index (χ4n) is 1.29. The summed E-state index contributed by atoms with van der Waals surface area (Å²) in [5, 5.41) is 8.05. The molecule has 2 aromatic rings. The van der Waals surface area contributed by atoms with Gasteiger partial charge in [0.15, 0.2) is 5.15 Å². The van der Waals surface area contributed by atoms with Gasteiger partial charge in [-0.2, -0.15) is 0 Å². The number of aromatic nitrogens is 2. The topological polar surface area (TPSA) is 25.8 Å². The minimum absolute atomic E-state index is 0.231. The molecule has 0 bridgehead atoms. The molecule has 0 aliphatic rings. The molecular formula is C11H7Cl3N2. The Morgan fingerprint density at radius 3 is 2.31 bits per heavy atom. The summed E-state index contributed by atoms with van der Waals surface area (Å²) in [7, 11) is 0. The van der Waals surface area contributed by atoms with Crippen molar-refractivity contribution in [2.45, 2.75) is 4.84 Å². The second-order valence-electron chi connectivity index (χ2n) is 3.14. The van der Waals surface area contributed by atoms with Crippen molar-refractivity contribution >= 4 is 34.8 Å². The van der Waals surface area contributed by atoms with Crippen LogP contribution in [-0.2, 0) is 0 Å². The molecule has 0 radical (unpaired) electrons. The third-order valence-electron chi connectivity index (χ3n) is 2.08. The Morgan fingerprint density at radius 1 is 1.00 bits per heavy atom. The number of alkyl halides is 2. The maximum Gasteiger partial charge on any atom is 0.157 e. The molecule has 0 atom stereocenters. The van der Waals surface area contributed by atoms with Crippen molar-refractivity contribution < 1.29 is 0 Å². The number of hydrogen-bond donors (Lipinski definition) is 0. The van der Waals surface area contributed by atoms with E-state index in [0.717, 1.165) is 5.56 Å². The summed E-state index contributed by atoms with van der Waals surface area (Å²) < 4.78 is 0. The summed E-state index contributed by atoms with van der Waals surface area (Å²) in [5.41, 5.74) is 2.21. The van der Waals surface area contributed by atoms with E-state index in [0.29, 0.717) is 11.3 Å². The van der Waals surface area contributed by atoms with E-state index in [4.69, 9.17) is 34.8 Å². The summed E-state index contributed by atoms with van der Waals surface area (Å²) >= 11 is 17.4. The Hall–Kier alpha value is -0.830. The molecular weight excluding hydrogens is 266 g/mol. The van der Waals surface area contributed by atoms with Gasteiger partial charge in [-0.25, -0.2) is 0 Å². The summed E-state index contributed by atoms with van der Waals surface area (Å²) in [6, 6.07) is 11.4. The summed E-state index contributed by atoms with van der Waals surface area (Å²) in [6.45, 7) is 0. The third kappa shape index (κ3) is 2.46. The van der Waals surface area contributed by atoms with Gasteiger partial charge in [0.2, 0.25) is 0 Å². The van der Waals surface area contributed by atoms with Gasteiger partial charge in [0.05, 0.1) is 5.69 Å². The van der Waals surface area contributed by atoms with Gasteiger partial charge < -0.3 is 0 Å². The van der Waals surface area contributed by atoms with E-state index in [-0.39, 0.29) is 5.15 Å².